The molecule has 1 aromatic heterocycles. The smallest absolute Gasteiger partial charge is 0.264 e. The fourth-order valence-corrected chi connectivity index (χ4v) is 2.50. The molecular weight excluding hydrogens is 351 g/mol. The maximum absolute atomic E-state index is 12.9. The number of hydrogen-bond acceptors (Lipinski definition) is 4. The summed E-state index contributed by atoms with van der Waals surface area (Å²) in [4.78, 5) is 4.23. The van der Waals surface area contributed by atoms with Crippen molar-refractivity contribution in [3.63, 3.8) is 0 Å². The Balaban J connectivity index is 1.70. The van der Waals surface area contributed by atoms with Crippen molar-refractivity contribution in [2.45, 2.75) is 13.5 Å². The highest BCUT2D eigenvalue weighted by Crippen LogP contribution is 2.26. The first kappa shape index (κ1) is 14.7. The molecule has 0 aliphatic rings. The molecule has 0 unspecified atom stereocenters. The predicted octanol–water partition coefficient (Wildman–Crippen LogP) is 4.53. The molecule has 0 aliphatic heterocycles. The molecule has 0 spiro atoms. The number of nitrogens with zero attached hydrogens (tertiary/aromatic N) is 2. The van der Waals surface area contributed by atoms with Crippen LogP contribution in [0, 0.1) is 12.7 Å². The summed E-state index contributed by atoms with van der Waals surface area (Å²) >= 11 is 3.44. The Morgan fingerprint density at radius 2 is 1.95 bits per heavy atom. The van der Waals surface area contributed by atoms with Crippen LogP contribution in [0.2, 0.25) is 0 Å². The number of halogens is 2. The summed E-state index contributed by atoms with van der Waals surface area (Å²) in [5.74, 6) is 1.15. The molecule has 1 heterocycles. The zero-order valence-electron chi connectivity index (χ0n) is 11.7. The van der Waals surface area contributed by atoms with Gasteiger partial charge in [-0.3, -0.25) is 0 Å². The van der Waals surface area contributed by atoms with E-state index in [1.807, 2.05) is 25.1 Å². The van der Waals surface area contributed by atoms with Crippen molar-refractivity contribution in [3.8, 4) is 17.1 Å². The SMILES string of the molecule is Cc1ccc(OCc2nc(-c3ccc(F)cc3)no2)c(Br)c1. The molecule has 0 atom stereocenters. The summed E-state index contributed by atoms with van der Waals surface area (Å²) in [6, 6.07) is 11.7. The van der Waals surface area contributed by atoms with Crippen LogP contribution in [-0.2, 0) is 6.61 Å². The van der Waals surface area contributed by atoms with E-state index in [0.717, 1.165) is 10.0 Å². The largest absolute Gasteiger partial charge is 0.483 e. The molecule has 6 heteroatoms. The van der Waals surface area contributed by atoms with E-state index < -0.39 is 0 Å². The van der Waals surface area contributed by atoms with Gasteiger partial charge in [0.2, 0.25) is 5.82 Å². The summed E-state index contributed by atoms with van der Waals surface area (Å²) in [5, 5.41) is 3.86. The van der Waals surface area contributed by atoms with E-state index in [-0.39, 0.29) is 12.4 Å². The van der Waals surface area contributed by atoms with Gasteiger partial charge in [0.25, 0.3) is 5.89 Å². The van der Waals surface area contributed by atoms with Crippen molar-refractivity contribution >= 4 is 15.9 Å². The Bertz CT molecular complexity index is 787. The summed E-state index contributed by atoms with van der Waals surface area (Å²) < 4.78 is 24.5. The highest BCUT2D eigenvalue weighted by molar-refractivity contribution is 9.10. The third-order valence-corrected chi connectivity index (χ3v) is 3.63. The molecule has 2 aromatic carbocycles. The van der Waals surface area contributed by atoms with Crippen LogP contribution in [0.25, 0.3) is 11.4 Å². The quantitative estimate of drug-likeness (QED) is 0.684. The number of hydrogen-bond donors (Lipinski definition) is 0. The van der Waals surface area contributed by atoms with Gasteiger partial charge in [0, 0.05) is 5.56 Å². The summed E-state index contributed by atoms with van der Waals surface area (Å²) in [6.45, 7) is 2.16. The van der Waals surface area contributed by atoms with Crippen LogP contribution in [0.1, 0.15) is 11.5 Å². The highest BCUT2D eigenvalue weighted by Gasteiger charge is 2.10. The first-order chi connectivity index (χ1) is 10.6. The van der Waals surface area contributed by atoms with E-state index in [2.05, 4.69) is 26.1 Å². The van der Waals surface area contributed by atoms with E-state index in [0.29, 0.717) is 23.0 Å². The van der Waals surface area contributed by atoms with Crippen LogP contribution < -0.4 is 4.74 Å². The molecule has 0 amide bonds. The Kier molecular flexibility index (Phi) is 4.20. The standard InChI is InChI=1S/C16H12BrFN2O2/c1-10-2-7-14(13(17)8-10)21-9-15-19-16(20-22-15)11-3-5-12(18)6-4-11/h2-8H,9H2,1H3. The molecule has 4 nitrogen and oxygen atoms in total. The molecule has 22 heavy (non-hydrogen) atoms. The lowest BCUT2D eigenvalue weighted by Gasteiger charge is -2.06. The van der Waals surface area contributed by atoms with Gasteiger partial charge in [-0.1, -0.05) is 11.2 Å². The van der Waals surface area contributed by atoms with E-state index in [1.165, 1.54) is 12.1 Å². The van der Waals surface area contributed by atoms with E-state index in [1.54, 1.807) is 12.1 Å². The molecule has 0 saturated heterocycles. The zero-order chi connectivity index (χ0) is 15.5. The second-order valence-corrected chi connectivity index (χ2v) is 5.60. The third-order valence-electron chi connectivity index (χ3n) is 3.01. The van der Waals surface area contributed by atoms with Crippen molar-refractivity contribution in [1.82, 2.24) is 10.1 Å². The predicted molar refractivity (Wildman–Crippen MR) is 82.9 cm³/mol. The maximum Gasteiger partial charge on any atom is 0.264 e. The number of rotatable bonds is 4. The van der Waals surface area contributed by atoms with Crippen molar-refractivity contribution in [2.24, 2.45) is 0 Å². The molecule has 0 saturated carbocycles. The molecule has 3 rings (SSSR count). The van der Waals surface area contributed by atoms with Gasteiger partial charge in [-0.25, -0.2) is 4.39 Å². The van der Waals surface area contributed by atoms with Crippen molar-refractivity contribution in [3.05, 3.63) is 64.2 Å². The van der Waals surface area contributed by atoms with Crippen LogP contribution in [-0.4, -0.2) is 10.1 Å². The first-order valence-corrected chi connectivity index (χ1v) is 7.38. The Hall–Kier alpha value is -2.21. The fraction of sp³-hybridized carbons (Fsp3) is 0.125. The molecule has 0 fully saturated rings. The summed E-state index contributed by atoms with van der Waals surface area (Å²) in [6.07, 6.45) is 0. The van der Waals surface area contributed by atoms with Gasteiger partial charge < -0.3 is 9.26 Å². The maximum atomic E-state index is 12.9. The average Bonchev–Trinajstić information content (AvgIpc) is 2.96. The zero-order valence-corrected chi connectivity index (χ0v) is 13.3. The second-order valence-electron chi connectivity index (χ2n) is 4.74. The number of aryl methyl sites for hydroxylation is 1. The van der Waals surface area contributed by atoms with Gasteiger partial charge in [-0.15, -0.1) is 0 Å². The van der Waals surface area contributed by atoms with Gasteiger partial charge in [0.05, 0.1) is 4.47 Å². The highest BCUT2D eigenvalue weighted by atomic mass is 79.9. The Morgan fingerprint density at radius 3 is 2.68 bits per heavy atom. The minimum Gasteiger partial charge on any atom is -0.483 e. The Labute approximate surface area is 135 Å². The summed E-state index contributed by atoms with van der Waals surface area (Å²) in [7, 11) is 0. The third kappa shape index (κ3) is 3.33. The topological polar surface area (TPSA) is 48.2 Å². The van der Waals surface area contributed by atoms with E-state index >= 15 is 0 Å². The van der Waals surface area contributed by atoms with E-state index in [4.69, 9.17) is 9.26 Å². The van der Waals surface area contributed by atoms with Gasteiger partial charge in [-0.2, -0.15) is 4.98 Å². The van der Waals surface area contributed by atoms with E-state index in [9.17, 15) is 4.39 Å². The molecule has 0 bridgehead atoms. The lowest BCUT2D eigenvalue weighted by molar-refractivity contribution is 0.242. The Morgan fingerprint density at radius 1 is 1.18 bits per heavy atom. The van der Waals surface area contributed by atoms with Gasteiger partial charge >= 0.3 is 0 Å². The van der Waals surface area contributed by atoms with Crippen molar-refractivity contribution in [2.75, 3.05) is 0 Å². The molecule has 0 N–H and O–H groups in total. The van der Waals surface area contributed by atoms with Crippen LogP contribution in [0.15, 0.2) is 51.5 Å². The van der Waals surface area contributed by atoms with Gasteiger partial charge in [-0.05, 0) is 64.8 Å². The molecule has 0 radical (unpaired) electrons. The lowest BCUT2D eigenvalue weighted by atomic mass is 10.2. The van der Waals surface area contributed by atoms with Gasteiger partial charge in [0.15, 0.2) is 6.61 Å². The van der Waals surface area contributed by atoms with Gasteiger partial charge in [0.1, 0.15) is 11.6 Å². The second kappa shape index (κ2) is 6.27. The van der Waals surface area contributed by atoms with Crippen molar-refractivity contribution < 1.29 is 13.7 Å². The van der Waals surface area contributed by atoms with Crippen LogP contribution in [0.3, 0.4) is 0 Å². The summed E-state index contributed by atoms with van der Waals surface area (Å²) in [5.41, 5.74) is 1.82. The molecule has 0 aliphatic carbocycles. The monoisotopic (exact) mass is 362 g/mol. The molecule has 3 aromatic rings. The number of benzene rings is 2. The van der Waals surface area contributed by atoms with Crippen LogP contribution in [0.4, 0.5) is 4.39 Å². The first-order valence-electron chi connectivity index (χ1n) is 6.59. The van der Waals surface area contributed by atoms with Crippen LogP contribution >= 0.6 is 15.9 Å². The van der Waals surface area contributed by atoms with Crippen LogP contribution in [0.5, 0.6) is 5.75 Å². The minimum absolute atomic E-state index is 0.163. The fourth-order valence-electron chi connectivity index (χ4n) is 1.89. The number of aromatic nitrogens is 2. The minimum atomic E-state index is -0.306. The lowest BCUT2D eigenvalue weighted by Crippen LogP contribution is -1.96. The average molecular weight is 363 g/mol. The molecular formula is C16H12BrFN2O2. The number of ether oxygens (including phenoxy) is 1. The van der Waals surface area contributed by atoms with Crippen molar-refractivity contribution in [1.29, 1.82) is 0 Å². The molecule has 112 valence electrons. The normalized spacial score (nSPS) is 10.7.